The molecule has 7 nitrogen and oxygen atoms in total. The summed E-state index contributed by atoms with van der Waals surface area (Å²) >= 11 is 0. The van der Waals surface area contributed by atoms with Crippen molar-refractivity contribution in [2.75, 3.05) is 27.8 Å². The molecule has 2 aromatic rings. The Morgan fingerprint density at radius 1 is 0.774 bits per heavy atom. The lowest BCUT2D eigenvalue weighted by atomic mass is 10.1. The van der Waals surface area contributed by atoms with Crippen molar-refractivity contribution in [1.29, 1.82) is 0 Å². The van der Waals surface area contributed by atoms with Crippen LogP contribution in [0.25, 0.3) is 0 Å². The highest BCUT2D eigenvalue weighted by Gasteiger charge is 2.07. The summed E-state index contributed by atoms with van der Waals surface area (Å²) in [6, 6.07) is 12.6. The average molecular weight is 425 g/mol. The van der Waals surface area contributed by atoms with Crippen LogP contribution in [0, 0.1) is 6.92 Å². The molecule has 0 bridgehead atoms. The highest BCUT2D eigenvalue weighted by molar-refractivity contribution is 5.96. The molecule has 0 aliphatic heterocycles. The number of hydrogen-bond donors (Lipinski definition) is 4. The molecule has 2 aromatic carbocycles. The topological polar surface area (TPSA) is 99.3 Å². The highest BCUT2D eigenvalue weighted by atomic mass is 16.2. The normalized spacial score (nSPS) is 10.3. The Labute approximate surface area is 184 Å². The van der Waals surface area contributed by atoms with E-state index < -0.39 is 0 Å². The second-order valence-corrected chi connectivity index (χ2v) is 7.42. The van der Waals surface area contributed by atoms with E-state index in [4.69, 9.17) is 0 Å². The first-order chi connectivity index (χ1) is 14.9. The lowest BCUT2D eigenvalue weighted by Gasteiger charge is -2.12. The van der Waals surface area contributed by atoms with Gasteiger partial charge in [0.05, 0.1) is 6.54 Å². The van der Waals surface area contributed by atoms with Crippen molar-refractivity contribution in [2.24, 2.45) is 0 Å². The predicted molar refractivity (Wildman–Crippen MR) is 126 cm³/mol. The largest absolute Gasteiger partial charge is 0.376 e. The third-order valence-corrected chi connectivity index (χ3v) is 4.72. The molecule has 0 saturated carbocycles. The van der Waals surface area contributed by atoms with Crippen molar-refractivity contribution in [3.05, 3.63) is 48.0 Å². The third kappa shape index (κ3) is 8.50. The summed E-state index contributed by atoms with van der Waals surface area (Å²) in [6.45, 7) is 5.88. The minimum Gasteiger partial charge on any atom is -0.376 e. The molecule has 0 saturated heterocycles. The Kier molecular flexibility index (Phi) is 9.55. The molecule has 0 aliphatic carbocycles. The number of amides is 3. The Balaban J connectivity index is 1.88. The van der Waals surface area contributed by atoms with Gasteiger partial charge in [-0.1, -0.05) is 38.8 Å². The zero-order chi connectivity index (χ0) is 22.6. The summed E-state index contributed by atoms with van der Waals surface area (Å²) in [7, 11) is 0. The molecule has 0 heterocycles. The molecule has 31 heavy (non-hydrogen) atoms. The zero-order valence-electron chi connectivity index (χ0n) is 18.5. The highest BCUT2D eigenvalue weighted by Crippen LogP contribution is 2.21. The van der Waals surface area contributed by atoms with Gasteiger partial charge < -0.3 is 21.3 Å². The molecule has 4 N–H and O–H groups in total. The van der Waals surface area contributed by atoms with E-state index in [0.717, 1.165) is 36.2 Å². The maximum Gasteiger partial charge on any atom is 0.243 e. The van der Waals surface area contributed by atoms with Crippen molar-refractivity contribution in [1.82, 2.24) is 0 Å². The fourth-order valence-corrected chi connectivity index (χ4v) is 2.93. The number of carbonyl (C=O) groups is 3. The summed E-state index contributed by atoms with van der Waals surface area (Å²) in [4.78, 5) is 36.0. The van der Waals surface area contributed by atoms with Crippen LogP contribution >= 0.6 is 0 Å². The summed E-state index contributed by atoms with van der Waals surface area (Å²) in [5.74, 6) is -0.301. The predicted octanol–water partition coefficient (Wildman–Crippen LogP) is 4.91. The molecule has 0 atom stereocenters. The van der Waals surface area contributed by atoms with E-state index in [1.165, 1.54) is 0 Å². The zero-order valence-corrected chi connectivity index (χ0v) is 18.5. The molecule has 7 heteroatoms. The van der Waals surface area contributed by atoms with Crippen molar-refractivity contribution < 1.29 is 14.4 Å². The van der Waals surface area contributed by atoms with Gasteiger partial charge in [0, 0.05) is 35.6 Å². The molecule has 3 amide bonds. The quantitative estimate of drug-likeness (QED) is 0.385. The molecule has 0 fully saturated rings. The molecule has 0 aliphatic rings. The van der Waals surface area contributed by atoms with E-state index in [0.29, 0.717) is 24.2 Å². The summed E-state index contributed by atoms with van der Waals surface area (Å²) < 4.78 is 0. The van der Waals surface area contributed by atoms with Crippen LogP contribution < -0.4 is 21.3 Å². The summed E-state index contributed by atoms with van der Waals surface area (Å²) in [6.07, 6.45) is 3.86. The van der Waals surface area contributed by atoms with Gasteiger partial charge in [0.25, 0.3) is 0 Å². The number of carbonyl (C=O) groups excluding carboxylic acids is 3. The van der Waals surface area contributed by atoms with Crippen molar-refractivity contribution >= 4 is 40.5 Å². The molecule has 0 spiro atoms. The number of hydrogen-bond acceptors (Lipinski definition) is 4. The minimum absolute atomic E-state index is 0.0241. The first-order valence-electron chi connectivity index (χ1n) is 10.8. The van der Waals surface area contributed by atoms with Crippen molar-refractivity contribution in [3.8, 4) is 0 Å². The van der Waals surface area contributed by atoms with Gasteiger partial charge >= 0.3 is 0 Å². The average Bonchev–Trinajstić information content (AvgIpc) is 2.74. The number of nitrogens with one attached hydrogen (secondary N) is 4. The maximum atomic E-state index is 12.3. The van der Waals surface area contributed by atoms with Crippen LogP contribution in [0.15, 0.2) is 42.5 Å². The van der Waals surface area contributed by atoms with Crippen molar-refractivity contribution in [2.45, 2.75) is 52.9 Å². The number of anilines is 4. The number of rotatable bonds is 11. The van der Waals surface area contributed by atoms with Crippen LogP contribution in [0.4, 0.5) is 22.7 Å². The van der Waals surface area contributed by atoms with Gasteiger partial charge in [-0.2, -0.15) is 0 Å². The van der Waals surface area contributed by atoms with Gasteiger partial charge in [-0.25, -0.2) is 0 Å². The summed E-state index contributed by atoms with van der Waals surface area (Å²) in [5.41, 5.74) is 3.67. The Hall–Kier alpha value is -3.35. The number of benzene rings is 2. The van der Waals surface area contributed by atoms with Gasteiger partial charge in [0.1, 0.15) is 0 Å². The van der Waals surface area contributed by atoms with Gasteiger partial charge in [-0.05, 0) is 49.2 Å². The molecule has 0 aromatic heterocycles. The summed E-state index contributed by atoms with van der Waals surface area (Å²) in [5, 5.41) is 11.6. The molecule has 0 radical (unpaired) electrons. The lowest BCUT2D eigenvalue weighted by molar-refractivity contribution is -0.117. The Morgan fingerprint density at radius 3 is 2.16 bits per heavy atom. The SMILES string of the molecule is CCCCCC(=O)Nc1cccc(NC(=O)CNc2ccc(C)c(NC(=O)CC)c2)c1. The van der Waals surface area contributed by atoms with Crippen LogP contribution in [0.2, 0.25) is 0 Å². The standard InChI is InChI=1S/C24H32N4O3/c1-4-6-7-11-23(30)26-19-9-8-10-20(14-19)27-24(31)16-25-18-13-12-17(3)21(15-18)28-22(29)5-2/h8-10,12-15,25H,4-7,11,16H2,1-3H3,(H,26,30)(H,27,31)(H,28,29). The fraction of sp³-hybridized carbons (Fsp3) is 0.375. The van der Waals surface area contributed by atoms with Gasteiger partial charge in [0.2, 0.25) is 17.7 Å². The molecule has 2 rings (SSSR count). The van der Waals surface area contributed by atoms with Gasteiger partial charge in [0.15, 0.2) is 0 Å². The van der Waals surface area contributed by atoms with Gasteiger partial charge in [-0.3, -0.25) is 14.4 Å². The molecular weight excluding hydrogens is 392 g/mol. The van der Waals surface area contributed by atoms with E-state index in [1.807, 2.05) is 25.1 Å². The van der Waals surface area contributed by atoms with Crippen LogP contribution in [0.1, 0.15) is 51.5 Å². The fourth-order valence-electron chi connectivity index (χ4n) is 2.93. The molecule has 0 unspecified atom stereocenters. The van der Waals surface area contributed by atoms with Crippen LogP contribution in [0.3, 0.4) is 0 Å². The smallest absolute Gasteiger partial charge is 0.243 e. The second kappa shape index (κ2) is 12.4. The Bertz CT molecular complexity index is 911. The lowest BCUT2D eigenvalue weighted by Crippen LogP contribution is -2.22. The number of unbranched alkanes of at least 4 members (excludes halogenated alkanes) is 2. The number of aryl methyl sites for hydroxylation is 1. The van der Waals surface area contributed by atoms with E-state index in [-0.39, 0.29) is 24.3 Å². The molecule has 166 valence electrons. The monoisotopic (exact) mass is 424 g/mol. The first-order valence-corrected chi connectivity index (χ1v) is 10.8. The van der Waals surface area contributed by atoms with Gasteiger partial charge in [-0.15, -0.1) is 0 Å². The van der Waals surface area contributed by atoms with Crippen molar-refractivity contribution in [3.63, 3.8) is 0 Å². The maximum absolute atomic E-state index is 12.3. The van der Waals surface area contributed by atoms with Crippen LogP contribution in [-0.4, -0.2) is 24.3 Å². The molecular formula is C24H32N4O3. The van der Waals surface area contributed by atoms with E-state index in [1.54, 1.807) is 31.2 Å². The first kappa shape index (κ1) is 23.9. The van der Waals surface area contributed by atoms with Crippen LogP contribution in [0.5, 0.6) is 0 Å². The van der Waals surface area contributed by atoms with E-state index in [2.05, 4.69) is 28.2 Å². The van der Waals surface area contributed by atoms with E-state index >= 15 is 0 Å². The minimum atomic E-state index is -0.217. The second-order valence-electron chi connectivity index (χ2n) is 7.42. The third-order valence-electron chi connectivity index (χ3n) is 4.72. The van der Waals surface area contributed by atoms with E-state index in [9.17, 15) is 14.4 Å². The Morgan fingerprint density at radius 2 is 1.48 bits per heavy atom. The van der Waals surface area contributed by atoms with Crippen LogP contribution in [-0.2, 0) is 14.4 Å².